The third-order valence-corrected chi connectivity index (χ3v) is 3.92. The number of piperidine rings is 1. The Morgan fingerprint density at radius 1 is 1.38 bits per heavy atom. The van der Waals surface area contributed by atoms with Crippen molar-refractivity contribution in [1.29, 1.82) is 0 Å². The summed E-state index contributed by atoms with van der Waals surface area (Å²) < 4.78 is 0. The van der Waals surface area contributed by atoms with Gasteiger partial charge in [-0.05, 0) is 38.8 Å². The number of nitro benzene ring substituents is 1. The highest BCUT2D eigenvalue weighted by atomic mass is 16.6. The van der Waals surface area contributed by atoms with Gasteiger partial charge in [0.15, 0.2) is 0 Å². The molecule has 114 valence electrons. The SMILES string of the molecule is CC1CCCC(C)N1Nc1cc(C(N)=O)ccc1[N+](=O)[O-]. The predicted molar refractivity (Wildman–Crippen MR) is 79.9 cm³/mol. The number of nitrogens with zero attached hydrogens (tertiary/aromatic N) is 2. The van der Waals surface area contributed by atoms with Gasteiger partial charge in [-0.25, -0.2) is 5.01 Å². The molecule has 2 atom stereocenters. The van der Waals surface area contributed by atoms with E-state index in [1.54, 1.807) is 0 Å². The van der Waals surface area contributed by atoms with Crippen molar-refractivity contribution < 1.29 is 9.72 Å². The second-order valence-corrected chi connectivity index (χ2v) is 5.50. The van der Waals surface area contributed by atoms with Gasteiger partial charge in [0.05, 0.1) is 4.92 Å². The first-order valence-corrected chi connectivity index (χ1v) is 7.03. The lowest BCUT2D eigenvalue weighted by Crippen LogP contribution is -2.47. The number of hydrazine groups is 1. The Morgan fingerprint density at radius 3 is 2.52 bits per heavy atom. The number of hydrogen-bond donors (Lipinski definition) is 2. The molecule has 1 aromatic carbocycles. The molecule has 1 fully saturated rings. The average molecular weight is 292 g/mol. The Kier molecular flexibility index (Phi) is 4.42. The third-order valence-electron chi connectivity index (χ3n) is 3.92. The summed E-state index contributed by atoms with van der Waals surface area (Å²) >= 11 is 0. The van der Waals surface area contributed by atoms with Crippen LogP contribution in [0.2, 0.25) is 0 Å². The van der Waals surface area contributed by atoms with Crippen LogP contribution in [0.3, 0.4) is 0 Å². The molecule has 1 saturated heterocycles. The maximum atomic E-state index is 11.3. The smallest absolute Gasteiger partial charge is 0.293 e. The fraction of sp³-hybridized carbons (Fsp3) is 0.500. The van der Waals surface area contributed by atoms with Crippen molar-refractivity contribution in [2.75, 3.05) is 5.43 Å². The first-order chi connectivity index (χ1) is 9.90. The summed E-state index contributed by atoms with van der Waals surface area (Å²) in [5.41, 5.74) is 8.84. The Labute approximate surface area is 123 Å². The van der Waals surface area contributed by atoms with Crippen LogP contribution in [0.15, 0.2) is 18.2 Å². The van der Waals surface area contributed by atoms with Crippen LogP contribution < -0.4 is 11.2 Å². The van der Waals surface area contributed by atoms with Crippen LogP contribution >= 0.6 is 0 Å². The fourth-order valence-corrected chi connectivity index (χ4v) is 2.72. The molecule has 3 N–H and O–H groups in total. The number of nitro groups is 1. The van der Waals surface area contributed by atoms with E-state index in [0.29, 0.717) is 5.69 Å². The second-order valence-electron chi connectivity index (χ2n) is 5.50. The fourth-order valence-electron chi connectivity index (χ4n) is 2.72. The van der Waals surface area contributed by atoms with Gasteiger partial charge >= 0.3 is 0 Å². The number of nitrogens with two attached hydrogens (primary N) is 1. The molecule has 7 nitrogen and oxygen atoms in total. The van der Waals surface area contributed by atoms with Crippen molar-refractivity contribution in [3.63, 3.8) is 0 Å². The molecular formula is C14H20N4O3. The van der Waals surface area contributed by atoms with Gasteiger partial charge in [-0.2, -0.15) is 0 Å². The van der Waals surface area contributed by atoms with Crippen LogP contribution in [0.4, 0.5) is 11.4 Å². The monoisotopic (exact) mass is 292 g/mol. The van der Waals surface area contributed by atoms with Crippen molar-refractivity contribution in [2.45, 2.75) is 45.2 Å². The highest BCUT2D eigenvalue weighted by molar-refractivity contribution is 5.94. The summed E-state index contributed by atoms with van der Waals surface area (Å²) in [5.74, 6) is -0.604. The molecule has 0 aromatic heterocycles. The van der Waals surface area contributed by atoms with Gasteiger partial charge in [0, 0.05) is 23.7 Å². The Morgan fingerprint density at radius 2 is 2.00 bits per heavy atom. The lowest BCUT2D eigenvalue weighted by atomic mass is 10.00. The molecule has 1 aliphatic heterocycles. The molecular weight excluding hydrogens is 272 g/mol. The Balaban J connectivity index is 2.34. The number of nitrogens with one attached hydrogen (secondary N) is 1. The number of hydrogen-bond acceptors (Lipinski definition) is 5. The van der Waals surface area contributed by atoms with Crippen LogP contribution in [0, 0.1) is 10.1 Å². The van der Waals surface area contributed by atoms with E-state index in [1.807, 2.05) is 5.01 Å². The normalized spacial score (nSPS) is 22.8. The zero-order valence-corrected chi connectivity index (χ0v) is 12.2. The molecule has 7 heteroatoms. The van der Waals surface area contributed by atoms with Gasteiger partial charge in [0.2, 0.25) is 5.91 Å². The van der Waals surface area contributed by atoms with E-state index < -0.39 is 10.8 Å². The van der Waals surface area contributed by atoms with Crippen molar-refractivity contribution in [3.8, 4) is 0 Å². The van der Waals surface area contributed by atoms with E-state index in [1.165, 1.54) is 18.2 Å². The first kappa shape index (κ1) is 15.2. The molecule has 0 spiro atoms. The summed E-state index contributed by atoms with van der Waals surface area (Å²) in [6.07, 6.45) is 3.20. The molecule has 2 rings (SSSR count). The maximum absolute atomic E-state index is 11.3. The first-order valence-electron chi connectivity index (χ1n) is 7.03. The van der Waals surface area contributed by atoms with Gasteiger partial charge < -0.3 is 11.2 Å². The topological polar surface area (TPSA) is 102 Å². The minimum atomic E-state index is -0.604. The van der Waals surface area contributed by atoms with Crippen molar-refractivity contribution >= 4 is 17.3 Å². The minimum Gasteiger partial charge on any atom is -0.366 e. The highest BCUT2D eigenvalue weighted by Crippen LogP contribution is 2.29. The Hall–Kier alpha value is -2.15. The van der Waals surface area contributed by atoms with Crippen LogP contribution in [0.5, 0.6) is 0 Å². The summed E-state index contributed by atoms with van der Waals surface area (Å²) in [5, 5.41) is 13.1. The molecule has 1 heterocycles. The van der Waals surface area contributed by atoms with Crippen LogP contribution in [0.25, 0.3) is 0 Å². The predicted octanol–water partition coefficient (Wildman–Crippen LogP) is 2.28. The number of benzene rings is 1. The molecule has 0 radical (unpaired) electrons. The van der Waals surface area contributed by atoms with Gasteiger partial charge in [-0.3, -0.25) is 14.9 Å². The van der Waals surface area contributed by atoms with Crippen LogP contribution in [-0.2, 0) is 0 Å². The quantitative estimate of drug-likeness (QED) is 0.655. The number of primary amides is 1. The summed E-state index contributed by atoms with van der Waals surface area (Å²) in [7, 11) is 0. The van der Waals surface area contributed by atoms with Crippen LogP contribution in [0.1, 0.15) is 43.5 Å². The zero-order valence-electron chi connectivity index (χ0n) is 12.2. The van der Waals surface area contributed by atoms with Gasteiger partial charge in [0.1, 0.15) is 5.69 Å². The van der Waals surface area contributed by atoms with Gasteiger partial charge in [-0.1, -0.05) is 6.42 Å². The number of rotatable bonds is 4. The molecule has 1 amide bonds. The molecule has 1 aliphatic rings. The number of amides is 1. The van der Waals surface area contributed by atoms with E-state index >= 15 is 0 Å². The van der Waals surface area contributed by atoms with Gasteiger partial charge in [0.25, 0.3) is 5.69 Å². The largest absolute Gasteiger partial charge is 0.366 e. The van der Waals surface area contributed by atoms with E-state index in [2.05, 4.69) is 19.3 Å². The number of carbonyl (C=O) groups excluding carboxylic acids is 1. The maximum Gasteiger partial charge on any atom is 0.293 e. The lowest BCUT2D eigenvalue weighted by Gasteiger charge is -2.39. The van der Waals surface area contributed by atoms with Crippen LogP contribution in [-0.4, -0.2) is 27.9 Å². The zero-order chi connectivity index (χ0) is 15.6. The molecule has 1 aromatic rings. The molecule has 2 unspecified atom stereocenters. The molecule has 0 saturated carbocycles. The lowest BCUT2D eigenvalue weighted by molar-refractivity contribution is -0.384. The summed E-state index contributed by atoms with van der Waals surface area (Å²) in [6, 6.07) is 4.65. The summed E-state index contributed by atoms with van der Waals surface area (Å²) in [4.78, 5) is 21.9. The van der Waals surface area contributed by atoms with Crippen molar-refractivity contribution in [1.82, 2.24) is 5.01 Å². The molecule has 0 bridgehead atoms. The average Bonchev–Trinajstić information content (AvgIpc) is 2.42. The molecule has 0 aliphatic carbocycles. The Bertz CT molecular complexity index is 551. The second kappa shape index (κ2) is 6.09. The van der Waals surface area contributed by atoms with Crippen molar-refractivity contribution in [2.24, 2.45) is 5.73 Å². The van der Waals surface area contributed by atoms with Crippen molar-refractivity contribution in [3.05, 3.63) is 33.9 Å². The highest BCUT2D eigenvalue weighted by Gasteiger charge is 2.27. The van der Waals surface area contributed by atoms with E-state index in [9.17, 15) is 14.9 Å². The number of anilines is 1. The van der Waals surface area contributed by atoms with E-state index in [-0.39, 0.29) is 23.3 Å². The third kappa shape index (κ3) is 3.30. The minimum absolute atomic E-state index is 0.0648. The van der Waals surface area contributed by atoms with Gasteiger partial charge in [-0.15, -0.1) is 0 Å². The van der Waals surface area contributed by atoms with E-state index in [4.69, 9.17) is 5.73 Å². The summed E-state index contributed by atoms with van der Waals surface area (Å²) in [6.45, 7) is 4.15. The standard InChI is InChI=1S/C14H20N4O3/c1-9-4-3-5-10(2)17(9)16-12-8-11(14(15)19)6-7-13(12)18(20)21/h6-10,16H,3-5H2,1-2H3,(H2,15,19). The van der Waals surface area contributed by atoms with E-state index in [0.717, 1.165) is 19.3 Å². The molecule has 21 heavy (non-hydrogen) atoms. The number of carbonyl (C=O) groups is 1.